The highest BCUT2D eigenvalue weighted by Crippen LogP contribution is 2.14. The molecule has 1 aliphatic rings. The maximum atomic E-state index is 12.0. The van der Waals surface area contributed by atoms with E-state index in [4.69, 9.17) is 4.74 Å². The van der Waals surface area contributed by atoms with E-state index in [-0.39, 0.29) is 11.7 Å². The van der Waals surface area contributed by atoms with Crippen LogP contribution in [-0.2, 0) is 19.1 Å². The number of cyclic esters (lactones) is 1. The second-order valence-electron chi connectivity index (χ2n) is 5.03. The molecule has 0 saturated carbocycles. The summed E-state index contributed by atoms with van der Waals surface area (Å²) in [6.07, 6.45) is 5.17. The predicted molar refractivity (Wildman–Crippen MR) is 70.4 cm³/mol. The fourth-order valence-electron chi connectivity index (χ4n) is 2.19. The number of Topliss-reactive ketones (excluding diaryl/α,β-unsaturated/α-hetero) is 1. The molecule has 0 aromatic rings. The lowest BCUT2D eigenvalue weighted by Gasteiger charge is -2.16. The van der Waals surface area contributed by atoms with E-state index < -0.39 is 17.9 Å². The molecule has 0 radical (unpaired) electrons. The second-order valence-corrected chi connectivity index (χ2v) is 5.03. The van der Waals surface area contributed by atoms with Gasteiger partial charge in [0.15, 0.2) is 0 Å². The first-order valence-corrected chi connectivity index (χ1v) is 7.03. The molecule has 108 valence electrons. The SMILES string of the molecule is CCCCCCC(C(C)=O)C(=O)NC1CCOC1=O. The minimum absolute atomic E-state index is 0.139. The molecular weight excluding hydrogens is 246 g/mol. The van der Waals surface area contributed by atoms with Gasteiger partial charge in [-0.3, -0.25) is 9.59 Å². The van der Waals surface area contributed by atoms with Crippen LogP contribution in [0.25, 0.3) is 0 Å². The molecule has 1 aliphatic heterocycles. The Hall–Kier alpha value is -1.39. The number of carbonyl (C=O) groups excluding carboxylic acids is 3. The van der Waals surface area contributed by atoms with Crippen molar-refractivity contribution in [3.63, 3.8) is 0 Å². The van der Waals surface area contributed by atoms with E-state index in [1.165, 1.54) is 6.92 Å². The van der Waals surface area contributed by atoms with Crippen LogP contribution in [0.3, 0.4) is 0 Å². The van der Waals surface area contributed by atoms with Crippen LogP contribution in [0.4, 0.5) is 0 Å². The molecule has 2 unspecified atom stereocenters. The highest BCUT2D eigenvalue weighted by atomic mass is 16.5. The van der Waals surface area contributed by atoms with Crippen LogP contribution in [0.5, 0.6) is 0 Å². The van der Waals surface area contributed by atoms with E-state index in [9.17, 15) is 14.4 Å². The van der Waals surface area contributed by atoms with E-state index in [1.54, 1.807) is 0 Å². The molecule has 0 aromatic heterocycles. The summed E-state index contributed by atoms with van der Waals surface area (Å²) in [5.74, 6) is -1.51. The van der Waals surface area contributed by atoms with Crippen LogP contribution in [0, 0.1) is 5.92 Å². The van der Waals surface area contributed by atoms with Gasteiger partial charge in [-0.25, -0.2) is 4.79 Å². The number of amides is 1. The third-order valence-corrected chi connectivity index (χ3v) is 3.41. The van der Waals surface area contributed by atoms with Crippen molar-refractivity contribution in [3.05, 3.63) is 0 Å². The smallest absolute Gasteiger partial charge is 0.328 e. The molecule has 1 heterocycles. The molecule has 1 saturated heterocycles. The fourth-order valence-corrected chi connectivity index (χ4v) is 2.19. The third-order valence-electron chi connectivity index (χ3n) is 3.41. The molecule has 2 atom stereocenters. The summed E-state index contributed by atoms with van der Waals surface area (Å²) in [6, 6.07) is -0.579. The van der Waals surface area contributed by atoms with E-state index in [0.29, 0.717) is 19.4 Å². The first kappa shape index (κ1) is 15.7. The first-order valence-electron chi connectivity index (χ1n) is 7.03. The van der Waals surface area contributed by atoms with Gasteiger partial charge in [-0.15, -0.1) is 0 Å². The Morgan fingerprint density at radius 3 is 2.63 bits per heavy atom. The van der Waals surface area contributed by atoms with Crippen molar-refractivity contribution in [2.45, 2.75) is 58.4 Å². The van der Waals surface area contributed by atoms with Crippen LogP contribution in [0.2, 0.25) is 0 Å². The van der Waals surface area contributed by atoms with E-state index >= 15 is 0 Å². The van der Waals surface area contributed by atoms with Gasteiger partial charge in [0.2, 0.25) is 5.91 Å². The monoisotopic (exact) mass is 269 g/mol. The summed E-state index contributed by atoms with van der Waals surface area (Å²) in [7, 11) is 0. The molecule has 19 heavy (non-hydrogen) atoms. The van der Waals surface area contributed by atoms with Gasteiger partial charge < -0.3 is 10.1 Å². The molecule has 0 spiro atoms. The summed E-state index contributed by atoms with van der Waals surface area (Å²) in [4.78, 5) is 34.8. The van der Waals surface area contributed by atoms with Gasteiger partial charge in [0.25, 0.3) is 0 Å². The Balaban J connectivity index is 2.43. The largest absolute Gasteiger partial charge is 0.464 e. The lowest BCUT2D eigenvalue weighted by atomic mass is 9.96. The van der Waals surface area contributed by atoms with Gasteiger partial charge in [0.1, 0.15) is 11.8 Å². The number of ketones is 1. The van der Waals surface area contributed by atoms with Gasteiger partial charge in [-0.2, -0.15) is 0 Å². The second kappa shape index (κ2) is 7.92. The lowest BCUT2D eigenvalue weighted by Crippen LogP contribution is -2.43. The Morgan fingerprint density at radius 2 is 2.11 bits per heavy atom. The average molecular weight is 269 g/mol. The number of esters is 1. The molecule has 0 aliphatic carbocycles. The van der Waals surface area contributed by atoms with Gasteiger partial charge in [0, 0.05) is 6.42 Å². The lowest BCUT2D eigenvalue weighted by molar-refractivity contribution is -0.143. The highest BCUT2D eigenvalue weighted by Gasteiger charge is 2.31. The molecule has 0 aromatic carbocycles. The van der Waals surface area contributed by atoms with Crippen LogP contribution in [0.15, 0.2) is 0 Å². The van der Waals surface area contributed by atoms with Crippen LogP contribution in [-0.4, -0.2) is 30.3 Å². The van der Waals surface area contributed by atoms with Gasteiger partial charge in [0.05, 0.1) is 12.5 Å². The molecule has 1 amide bonds. The summed E-state index contributed by atoms with van der Waals surface area (Å²) in [5, 5.41) is 2.62. The zero-order chi connectivity index (χ0) is 14.3. The molecule has 5 heteroatoms. The number of carbonyl (C=O) groups is 3. The number of unbranched alkanes of at least 4 members (excludes halogenated alkanes) is 3. The van der Waals surface area contributed by atoms with E-state index in [1.807, 2.05) is 0 Å². The normalized spacial score (nSPS) is 19.9. The zero-order valence-electron chi connectivity index (χ0n) is 11.7. The minimum Gasteiger partial charge on any atom is -0.464 e. The van der Waals surface area contributed by atoms with Gasteiger partial charge in [-0.1, -0.05) is 32.6 Å². The van der Waals surface area contributed by atoms with Crippen molar-refractivity contribution < 1.29 is 19.1 Å². The van der Waals surface area contributed by atoms with Gasteiger partial charge >= 0.3 is 5.97 Å². The van der Waals surface area contributed by atoms with Crippen molar-refractivity contribution in [1.82, 2.24) is 5.32 Å². The summed E-state index contributed by atoms with van der Waals surface area (Å²) >= 11 is 0. The topological polar surface area (TPSA) is 72.5 Å². The van der Waals surface area contributed by atoms with Gasteiger partial charge in [-0.05, 0) is 13.3 Å². The van der Waals surface area contributed by atoms with Crippen molar-refractivity contribution >= 4 is 17.7 Å². The molecule has 1 N–H and O–H groups in total. The Morgan fingerprint density at radius 1 is 1.37 bits per heavy atom. The number of nitrogens with one attached hydrogen (secondary N) is 1. The molecule has 0 bridgehead atoms. The molecule has 1 rings (SSSR count). The minimum atomic E-state index is -0.634. The summed E-state index contributed by atoms with van der Waals surface area (Å²) in [5.41, 5.74) is 0. The number of ether oxygens (including phenoxy) is 1. The first-order chi connectivity index (χ1) is 9.06. The molecule has 5 nitrogen and oxygen atoms in total. The van der Waals surface area contributed by atoms with E-state index in [2.05, 4.69) is 12.2 Å². The Labute approximate surface area is 114 Å². The van der Waals surface area contributed by atoms with Crippen molar-refractivity contribution in [2.24, 2.45) is 5.92 Å². The van der Waals surface area contributed by atoms with Crippen molar-refractivity contribution in [1.29, 1.82) is 0 Å². The van der Waals surface area contributed by atoms with Crippen LogP contribution >= 0.6 is 0 Å². The van der Waals surface area contributed by atoms with Crippen LogP contribution < -0.4 is 5.32 Å². The maximum absolute atomic E-state index is 12.0. The Bertz CT molecular complexity index is 340. The Kier molecular flexibility index (Phi) is 6.53. The predicted octanol–water partition coefficient (Wildman–Crippen LogP) is 1.59. The standard InChI is InChI=1S/C14H23NO4/c1-3-4-5-6-7-11(10(2)16)13(17)15-12-8-9-19-14(12)18/h11-12H,3-9H2,1-2H3,(H,15,17). The number of rotatable bonds is 8. The average Bonchev–Trinajstić information content (AvgIpc) is 2.74. The summed E-state index contributed by atoms with van der Waals surface area (Å²) < 4.78 is 4.78. The number of hydrogen-bond acceptors (Lipinski definition) is 4. The van der Waals surface area contributed by atoms with Crippen LogP contribution in [0.1, 0.15) is 52.4 Å². The maximum Gasteiger partial charge on any atom is 0.328 e. The third kappa shape index (κ3) is 5.01. The highest BCUT2D eigenvalue weighted by molar-refractivity contribution is 6.01. The molecular formula is C14H23NO4. The fraction of sp³-hybridized carbons (Fsp3) is 0.786. The van der Waals surface area contributed by atoms with E-state index in [0.717, 1.165) is 25.7 Å². The van der Waals surface area contributed by atoms with Crippen molar-refractivity contribution in [3.8, 4) is 0 Å². The number of hydrogen-bond donors (Lipinski definition) is 1. The summed E-state index contributed by atoms with van der Waals surface area (Å²) in [6.45, 7) is 3.88. The molecule has 1 fully saturated rings. The zero-order valence-corrected chi connectivity index (χ0v) is 11.7. The van der Waals surface area contributed by atoms with Crippen molar-refractivity contribution in [2.75, 3.05) is 6.61 Å². The quantitative estimate of drug-likeness (QED) is 0.412.